The smallest absolute Gasteiger partial charge is 0.220 e. The number of anilines is 1. The van der Waals surface area contributed by atoms with Crippen LogP contribution in [0.3, 0.4) is 0 Å². The third-order valence-electron chi connectivity index (χ3n) is 5.76. The summed E-state index contributed by atoms with van der Waals surface area (Å²) in [5, 5.41) is 9.12. The van der Waals surface area contributed by atoms with Gasteiger partial charge in [0.1, 0.15) is 11.9 Å². The molecule has 1 fully saturated rings. The van der Waals surface area contributed by atoms with Crippen LogP contribution in [-0.2, 0) is 11.8 Å². The van der Waals surface area contributed by atoms with Gasteiger partial charge in [-0.1, -0.05) is 6.07 Å². The summed E-state index contributed by atoms with van der Waals surface area (Å²) in [6, 6.07) is 10.3. The molecule has 3 N–H and O–H groups in total. The number of hydrogen-bond donors (Lipinski definition) is 2. The molecule has 5 rings (SSSR count). The average molecular weight is 422 g/mol. The maximum absolute atomic E-state index is 11.6. The van der Waals surface area contributed by atoms with Gasteiger partial charge in [0, 0.05) is 31.3 Å². The number of aromatic nitrogens is 3. The first-order valence-corrected chi connectivity index (χ1v) is 10.8. The molecule has 4 aromatic rings. The fourth-order valence-corrected chi connectivity index (χ4v) is 4.95. The normalized spacial score (nSPS) is 17.6. The standard InChI is InChI=1S/C22H23N5O2S/c1-11(15-9-20(28)24-10-15)29-19-8-14(7-17-21(19)30-12(2)25-17)13-4-5-18-16(6-13)22(23)26-27(18)3/h4-8,11,15H,9-10H2,1-3H3,(H2,23,26)(H,24,28)/t11?,15-/m1/s1. The molecule has 2 aromatic carbocycles. The van der Waals surface area contributed by atoms with Gasteiger partial charge in [-0.3, -0.25) is 9.48 Å². The molecule has 0 aliphatic carbocycles. The number of thiazole rings is 1. The number of ether oxygens (including phenoxy) is 1. The number of fused-ring (bicyclic) bond motifs is 2. The molecule has 7 nitrogen and oxygen atoms in total. The second-order valence-electron chi connectivity index (χ2n) is 7.89. The first-order chi connectivity index (χ1) is 14.4. The van der Waals surface area contributed by atoms with Gasteiger partial charge >= 0.3 is 0 Å². The van der Waals surface area contributed by atoms with Crippen LogP contribution in [0.2, 0.25) is 0 Å². The van der Waals surface area contributed by atoms with Gasteiger partial charge in [0.05, 0.1) is 20.7 Å². The van der Waals surface area contributed by atoms with E-state index in [2.05, 4.69) is 34.7 Å². The van der Waals surface area contributed by atoms with E-state index in [0.29, 0.717) is 18.8 Å². The summed E-state index contributed by atoms with van der Waals surface area (Å²) in [5.74, 6) is 1.57. The van der Waals surface area contributed by atoms with Crippen LogP contribution >= 0.6 is 11.3 Å². The van der Waals surface area contributed by atoms with Crippen LogP contribution in [0.5, 0.6) is 5.75 Å². The Hall–Kier alpha value is -3.13. The van der Waals surface area contributed by atoms with Crippen molar-refractivity contribution in [3.8, 4) is 16.9 Å². The highest BCUT2D eigenvalue weighted by atomic mass is 32.1. The lowest BCUT2D eigenvalue weighted by Crippen LogP contribution is -2.25. The number of rotatable bonds is 4. The number of nitrogen functional groups attached to an aromatic ring is 1. The molecule has 1 unspecified atom stereocenters. The molecule has 1 aliphatic heterocycles. The summed E-state index contributed by atoms with van der Waals surface area (Å²) < 4.78 is 9.20. The number of amides is 1. The minimum absolute atomic E-state index is 0.0822. The molecule has 3 heterocycles. The zero-order valence-corrected chi connectivity index (χ0v) is 17.9. The van der Waals surface area contributed by atoms with Crippen LogP contribution in [0.4, 0.5) is 5.82 Å². The molecular weight excluding hydrogens is 398 g/mol. The largest absolute Gasteiger partial charge is 0.489 e. The minimum Gasteiger partial charge on any atom is -0.489 e. The van der Waals surface area contributed by atoms with Crippen molar-refractivity contribution in [3.63, 3.8) is 0 Å². The van der Waals surface area contributed by atoms with Crippen molar-refractivity contribution in [2.24, 2.45) is 13.0 Å². The van der Waals surface area contributed by atoms with E-state index in [1.54, 1.807) is 16.0 Å². The zero-order chi connectivity index (χ0) is 21.0. The van der Waals surface area contributed by atoms with Crippen LogP contribution in [0.25, 0.3) is 32.2 Å². The fraction of sp³-hybridized carbons (Fsp3) is 0.318. The second-order valence-corrected chi connectivity index (χ2v) is 9.09. The highest BCUT2D eigenvalue weighted by Crippen LogP contribution is 2.38. The van der Waals surface area contributed by atoms with Gasteiger partial charge < -0.3 is 15.8 Å². The lowest BCUT2D eigenvalue weighted by Gasteiger charge is -2.20. The number of nitrogens with two attached hydrogens (primary N) is 1. The van der Waals surface area contributed by atoms with Gasteiger partial charge in [-0.2, -0.15) is 5.10 Å². The third kappa shape index (κ3) is 3.17. The van der Waals surface area contributed by atoms with Crippen LogP contribution in [0.1, 0.15) is 18.4 Å². The Labute approximate surface area is 177 Å². The molecule has 1 saturated heterocycles. The van der Waals surface area contributed by atoms with E-state index in [9.17, 15) is 4.79 Å². The van der Waals surface area contributed by atoms with Gasteiger partial charge in [-0.15, -0.1) is 11.3 Å². The topological polar surface area (TPSA) is 95.1 Å². The lowest BCUT2D eigenvalue weighted by molar-refractivity contribution is -0.119. The number of hydrogen-bond acceptors (Lipinski definition) is 6. The van der Waals surface area contributed by atoms with Gasteiger partial charge in [-0.05, 0) is 49.2 Å². The number of carbonyl (C=O) groups excluding carboxylic acids is 1. The summed E-state index contributed by atoms with van der Waals surface area (Å²) in [7, 11) is 1.89. The molecule has 0 saturated carbocycles. The van der Waals surface area contributed by atoms with Crippen molar-refractivity contribution >= 4 is 44.2 Å². The monoisotopic (exact) mass is 421 g/mol. The Morgan fingerprint density at radius 3 is 2.90 bits per heavy atom. The summed E-state index contributed by atoms with van der Waals surface area (Å²) in [4.78, 5) is 16.3. The minimum atomic E-state index is -0.0822. The third-order valence-corrected chi connectivity index (χ3v) is 6.76. The van der Waals surface area contributed by atoms with E-state index < -0.39 is 0 Å². The molecule has 0 bridgehead atoms. The van der Waals surface area contributed by atoms with Crippen molar-refractivity contribution in [2.75, 3.05) is 12.3 Å². The Balaban J connectivity index is 1.58. The van der Waals surface area contributed by atoms with E-state index in [4.69, 9.17) is 15.5 Å². The Morgan fingerprint density at radius 1 is 1.30 bits per heavy atom. The number of nitrogens with one attached hydrogen (secondary N) is 1. The highest BCUT2D eigenvalue weighted by molar-refractivity contribution is 7.18. The number of nitrogens with zero attached hydrogens (tertiary/aromatic N) is 3. The first kappa shape index (κ1) is 18.9. The van der Waals surface area contributed by atoms with Gasteiger partial charge in [0.25, 0.3) is 0 Å². The van der Waals surface area contributed by atoms with E-state index in [-0.39, 0.29) is 17.9 Å². The zero-order valence-electron chi connectivity index (χ0n) is 17.1. The van der Waals surface area contributed by atoms with Crippen LogP contribution < -0.4 is 15.8 Å². The second kappa shape index (κ2) is 6.98. The first-order valence-electron chi connectivity index (χ1n) is 9.96. The molecule has 154 valence electrons. The fourth-order valence-electron chi connectivity index (χ4n) is 4.10. The van der Waals surface area contributed by atoms with Crippen LogP contribution in [0.15, 0.2) is 30.3 Å². The van der Waals surface area contributed by atoms with E-state index in [1.807, 2.05) is 27.0 Å². The van der Waals surface area contributed by atoms with Crippen molar-refractivity contribution < 1.29 is 9.53 Å². The van der Waals surface area contributed by atoms with Crippen molar-refractivity contribution in [3.05, 3.63) is 35.3 Å². The molecule has 2 aromatic heterocycles. The number of carbonyl (C=O) groups is 1. The summed E-state index contributed by atoms with van der Waals surface area (Å²) in [6.45, 7) is 4.68. The Bertz CT molecular complexity index is 1290. The SMILES string of the molecule is Cc1nc2cc(-c3ccc4c(c3)c(N)nn4C)cc(OC(C)[C@H]3CNC(=O)C3)c2s1. The average Bonchev–Trinajstić information content (AvgIpc) is 3.39. The Kier molecular flexibility index (Phi) is 4.39. The Morgan fingerprint density at radius 2 is 2.13 bits per heavy atom. The number of aryl methyl sites for hydroxylation is 2. The van der Waals surface area contributed by atoms with Crippen molar-refractivity contribution in [1.29, 1.82) is 0 Å². The molecule has 8 heteroatoms. The predicted octanol–water partition coefficient (Wildman–Crippen LogP) is 3.64. The summed E-state index contributed by atoms with van der Waals surface area (Å²) >= 11 is 1.62. The van der Waals surface area contributed by atoms with Crippen LogP contribution in [0, 0.1) is 12.8 Å². The quantitative estimate of drug-likeness (QED) is 0.525. The molecule has 0 radical (unpaired) electrons. The lowest BCUT2D eigenvalue weighted by atomic mass is 10.0. The van der Waals surface area contributed by atoms with E-state index in [0.717, 1.165) is 43.0 Å². The predicted molar refractivity (Wildman–Crippen MR) is 120 cm³/mol. The van der Waals surface area contributed by atoms with Crippen molar-refractivity contribution in [2.45, 2.75) is 26.4 Å². The number of benzene rings is 2. The van der Waals surface area contributed by atoms with Crippen molar-refractivity contribution in [1.82, 2.24) is 20.1 Å². The van der Waals surface area contributed by atoms with Crippen LogP contribution in [-0.4, -0.2) is 33.3 Å². The van der Waals surface area contributed by atoms with E-state index in [1.165, 1.54) is 0 Å². The molecule has 1 aliphatic rings. The summed E-state index contributed by atoms with van der Waals surface area (Å²) in [6.07, 6.45) is 0.420. The molecular formula is C22H23N5O2S. The summed E-state index contributed by atoms with van der Waals surface area (Å²) in [5.41, 5.74) is 10.0. The molecule has 2 atom stereocenters. The molecule has 0 spiro atoms. The van der Waals surface area contributed by atoms with Gasteiger partial charge in [0.2, 0.25) is 5.91 Å². The van der Waals surface area contributed by atoms with E-state index >= 15 is 0 Å². The maximum atomic E-state index is 11.6. The molecule has 1 amide bonds. The van der Waals surface area contributed by atoms with Gasteiger partial charge in [-0.25, -0.2) is 4.98 Å². The van der Waals surface area contributed by atoms with Gasteiger partial charge in [0.15, 0.2) is 5.82 Å². The molecule has 30 heavy (non-hydrogen) atoms. The highest BCUT2D eigenvalue weighted by Gasteiger charge is 2.28. The maximum Gasteiger partial charge on any atom is 0.220 e.